The topological polar surface area (TPSA) is 29.0 Å². The average Bonchev–Trinajstić information content (AvgIpc) is 2.49. The molecular weight excluding hydrogens is 305 g/mol. The van der Waals surface area contributed by atoms with Crippen LogP contribution in [0.1, 0.15) is 19.7 Å². The number of hydrogen-bond donors (Lipinski definition) is 0. The summed E-state index contributed by atoms with van der Waals surface area (Å²) in [5.74, 6) is 0.691. The summed E-state index contributed by atoms with van der Waals surface area (Å²) in [5.41, 5.74) is 1.63. The first-order valence-electron chi connectivity index (χ1n) is 7.15. The first-order chi connectivity index (χ1) is 10.2. The Labute approximate surface area is 135 Å². The van der Waals surface area contributed by atoms with Crippen LogP contribution in [0, 0.1) is 0 Å². The predicted molar refractivity (Wildman–Crippen MR) is 89.0 cm³/mol. The third-order valence-electron chi connectivity index (χ3n) is 3.48. The van der Waals surface area contributed by atoms with E-state index in [-0.39, 0.29) is 0 Å². The molecule has 0 bridgehead atoms. The maximum Gasteiger partial charge on any atom is 0.142 e. The summed E-state index contributed by atoms with van der Waals surface area (Å²) in [4.78, 5) is 11.1. The Bertz CT molecular complexity index is 560. The molecule has 0 N–H and O–H groups in total. The van der Waals surface area contributed by atoms with E-state index in [9.17, 15) is 0 Å². The second-order valence-electron chi connectivity index (χ2n) is 4.74. The molecule has 0 fully saturated rings. The number of nitrogens with zero attached hydrogens (tertiary/aromatic N) is 3. The Morgan fingerprint density at radius 2 is 1.52 bits per heavy atom. The van der Waals surface area contributed by atoms with E-state index in [1.807, 2.05) is 30.3 Å². The van der Waals surface area contributed by atoms with Crippen LogP contribution < -0.4 is 0 Å². The zero-order chi connectivity index (χ0) is 15.2. The smallest absolute Gasteiger partial charge is 0.142 e. The summed E-state index contributed by atoms with van der Waals surface area (Å²) < 4.78 is 0. The van der Waals surface area contributed by atoms with Gasteiger partial charge in [-0.25, -0.2) is 9.97 Å². The third-order valence-corrected chi connectivity index (χ3v) is 4.02. The standard InChI is InChI=1S/C16H19Cl2N3/c1-3-21(4-2)11-10-13-19-15(17)14(16(18)20-13)12-8-6-5-7-9-12/h5-9H,3-4,10-11H2,1-2H3. The van der Waals surface area contributed by atoms with Gasteiger partial charge in [0.1, 0.15) is 16.1 Å². The maximum absolute atomic E-state index is 6.30. The van der Waals surface area contributed by atoms with E-state index in [1.165, 1.54) is 0 Å². The molecule has 0 aliphatic carbocycles. The minimum absolute atomic E-state index is 0.413. The van der Waals surface area contributed by atoms with E-state index in [0.29, 0.717) is 21.7 Å². The molecule has 1 aromatic heterocycles. The normalized spacial score (nSPS) is 11.1. The quantitative estimate of drug-likeness (QED) is 0.741. The fourth-order valence-electron chi connectivity index (χ4n) is 2.20. The SMILES string of the molecule is CCN(CC)CCc1nc(Cl)c(-c2ccccc2)c(Cl)n1. The molecule has 1 aromatic carbocycles. The van der Waals surface area contributed by atoms with Crippen molar-refractivity contribution >= 4 is 23.2 Å². The molecular formula is C16H19Cl2N3. The molecule has 0 saturated carbocycles. The van der Waals surface area contributed by atoms with E-state index >= 15 is 0 Å². The lowest BCUT2D eigenvalue weighted by Crippen LogP contribution is -2.25. The van der Waals surface area contributed by atoms with Crippen LogP contribution in [0.3, 0.4) is 0 Å². The van der Waals surface area contributed by atoms with Gasteiger partial charge >= 0.3 is 0 Å². The molecule has 0 saturated heterocycles. The van der Waals surface area contributed by atoms with Gasteiger partial charge in [-0.3, -0.25) is 0 Å². The number of hydrogen-bond acceptors (Lipinski definition) is 3. The summed E-state index contributed by atoms with van der Waals surface area (Å²) >= 11 is 12.6. The van der Waals surface area contributed by atoms with Gasteiger partial charge in [0.25, 0.3) is 0 Å². The molecule has 0 radical (unpaired) electrons. The first-order valence-corrected chi connectivity index (χ1v) is 7.91. The van der Waals surface area contributed by atoms with E-state index in [0.717, 1.165) is 31.6 Å². The van der Waals surface area contributed by atoms with Gasteiger partial charge in [0.05, 0.1) is 5.56 Å². The lowest BCUT2D eigenvalue weighted by molar-refractivity contribution is 0.306. The molecule has 0 spiro atoms. The van der Waals surface area contributed by atoms with Crippen LogP contribution in [-0.2, 0) is 6.42 Å². The number of likely N-dealkylation sites (N-methyl/N-ethyl adjacent to an activating group) is 1. The molecule has 0 atom stereocenters. The fourth-order valence-corrected chi connectivity index (χ4v) is 2.84. The van der Waals surface area contributed by atoms with Crippen molar-refractivity contribution in [3.8, 4) is 11.1 Å². The van der Waals surface area contributed by atoms with Gasteiger partial charge in [0, 0.05) is 13.0 Å². The number of rotatable bonds is 6. The Hall–Kier alpha value is -1.16. The van der Waals surface area contributed by atoms with Gasteiger partial charge in [0.2, 0.25) is 0 Å². The highest BCUT2D eigenvalue weighted by atomic mass is 35.5. The van der Waals surface area contributed by atoms with Crippen LogP contribution in [0.15, 0.2) is 30.3 Å². The summed E-state index contributed by atoms with van der Waals surface area (Å²) in [7, 11) is 0. The Kier molecular flexibility index (Phi) is 5.97. The van der Waals surface area contributed by atoms with Crippen molar-refractivity contribution in [1.82, 2.24) is 14.9 Å². The summed E-state index contributed by atoms with van der Waals surface area (Å²) in [6.07, 6.45) is 0.746. The second-order valence-corrected chi connectivity index (χ2v) is 5.46. The fraction of sp³-hybridized carbons (Fsp3) is 0.375. The van der Waals surface area contributed by atoms with Gasteiger partial charge in [-0.15, -0.1) is 0 Å². The van der Waals surface area contributed by atoms with Crippen molar-refractivity contribution in [2.45, 2.75) is 20.3 Å². The maximum atomic E-state index is 6.30. The molecule has 0 amide bonds. The molecule has 21 heavy (non-hydrogen) atoms. The van der Waals surface area contributed by atoms with Crippen molar-refractivity contribution in [3.05, 3.63) is 46.5 Å². The van der Waals surface area contributed by atoms with Crippen LogP contribution >= 0.6 is 23.2 Å². The first kappa shape index (κ1) is 16.2. The molecule has 2 aromatic rings. The summed E-state index contributed by atoms with van der Waals surface area (Å²) in [6, 6.07) is 9.73. The van der Waals surface area contributed by atoms with E-state index in [4.69, 9.17) is 23.2 Å². The van der Waals surface area contributed by atoms with Crippen molar-refractivity contribution < 1.29 is 0 Å². The minimum Gasteiger partial charge on any atom is -0.303 e. The van der Waals surface area contributed by atoms with Gasteiger partial charge < -0.3 is 4.90 Å². The van der Waals surface area contributed by atoms with Crippen LogP contribution in [0.2, 0.25) is 10.3 Å². The highest BCUT2D eigenvalue weighted by Gasteiger charge is 2.13. The van der Waals surface area contributed by atoms with Crippen molar-refractivity contribution in [2.75, 3.05) is 19.6 Å². The number of halogens is 2. The van der Waals surface area contributed by atoms with Gasteiger partial charge in [0.15, 0.2) is 0 Å². The van der Waals surface area contributed by atoms with Crippen LogP contribution in [0.5, 0.6) is 0 Å². The van der Waals surface area contributed by atoms with E-state index in [1.54, 1.807) is 0 Å². The highest BCUT2D eigenvalue weighted by Crippen LogP contribution is 2.32. The number of benzene rings is 1. The van der Waals surface area contributed by atoms with Crippen LogP contribution in [-0.4, -0.2) is 34.5 Å². The Morgan fingerprint density at radius 3 is 2.05 bits per heavy atom. The van der Waals surface area contributed by atoms with Crippen LogP contribution in [0.25, 0.3) is 11.1 Å². The lowest BCUT2D eigenvalue weighted by atomic mass is 10.1. The zero-order valence-corrected chi connectivity index (χ0v) is 13.8. The Morgan fingerprint density at radius 1 is 0.952 bits per heavy atom. The van der Waals surface area contributed by atoms with Gasteiger partial charge in [-0.1, -0.05) is 67.4 Å². The summed E-state index contributed by atoms with van der Waals surface area (Å²) in [5, 5.41) is 0.825. The van der Waals surface area contributed by atoms with Gasteiger partial charge in [-0.05, 0) is 18.7 Å². The molecule has 2 rings (SSSR count). The van der Waals surface area contributed by atoms with Crippen molar-refractivity contribution in [2.24, 2.45) is 0 Å². The van der Waals surface area contributed by atoms with Crippen molar-refractivity contribution in [1.29, 1.82) is 0 Å². The van der Waals surface area contributed by atoms with Gasteiger partial charge in [-0.2, -0.15) is 0 Å². The molecule has 5 heteroatoms. The highest BCUT2D eigenvalue weighted by molar-refractivity contribution is 6.37. The predicted octanol–water partition coefficient (Wildman–Crippen LogP) is 4.33. The molecule has 0 unspecified atom stereocenters. The molecule has 1 heterocycles. The van der Waals surface area contributed by atoms with E-state index in [2.05, 4.69) is 28.7 Å². The number of aromatic nitrogens is 2. The zero-order valence-electron chi connectivity index (χ0n) is 12.3. The third kappa shape index (κ3) is 4.16. The van der Waals surface area contributed by atoms with Crippen molar-refractivity contribution in [3.63, 3.8) is 0 Å². The van der Waals surface area contributed by atoms with E-state index < -0.39 is 0 Å². The average molecular weight is 324 g/mol. The molecule has 0 aliphatic heterocycles. The summed E-state index contributed by atoms with van der Waals surface area (Å²) in [6.45, 7) is 7.22. The minimum atomic E-state index is 0.413. The molecule has 3 nitrogen and oxygen atoms in total. The molecule has 0 aliphatic rings. The van der Waals surface area contributed by atoms with Crippen LogP contribution in [0.4, 0.5) is 0 Å². The monoisotopic (exact) mass is 323 g/mol. The Balaban J connectivity index is 2.21. The lowest BCUT2D eigenvalue weighted by Gasteiger charge is -2.17. The molecule has 112 valence electrons. The largest absolute Gasteiger partial charge is 0.303 e. The second kappa shape index (κ2) is 7.74.